The van der Waals surface area contributed by atoms with E-state index in [0.717, 1.165) is 12.5 Å². The normalized spacial score (nSPS) is 22.3. The van der Waals surface area contributed by atoms with Crippen LogP contribution in [0.15, 0.2) is 0 Å². The van der Waals surface area contributed by atoms with Gasteiger partial charge < -0.3 is 10.2 Å². The summed E-state index contributed by atoms with van der Waals surface area (Å²) in [5, 5.41) is 3.56. The van der Waals surface area contributed by atoms with Crippen LogP contribution in [0.5, 0.6) is 0 Å². The topological polar surface area (TPSA) is 18.5 Å². The zero-order chi connectivity index (χ0) is 13.5. The summed E-state index contributed by atoms with van der Waals surface area (Å²) < 4.78 is 0. The molecule has 108 valence electrons. The second kappa shape index (κ2) is 8.13. The van der Waals surface area contributed by atoms with Gasteiger partial charge in [0.25, 0.3) is 0 Å². The summed E-state index contributed by atoms with van der Waals surface area (Å²) in [6.45, 7) is 18.9. The minimum atomic E-state index is 0.598. The van der Waals surface area contributed by atoms with Crippen LogP contribution in [-0.4, -0.2) is 61.2 Å². The van der Waals surface area contributed by atoms with E-state index in [1.54, 1.807) is 0 Å². The van der Waals surface area contributed by atoms with E-state index < -0.39 is 0 Å². The van der Waals surface area contributed by atoms with E-state index in [-0.39, 0.29) is 0 Å². The van der Waals surface area contributed by atoms with Crippen molar-refractivity contribution in [3.8, 4) is 0 Å². The molecule has 1 aliphatic rings. The van der Waals surface area contributed by atoms with Gasteiger partial charge in [0.2, 0.25) is 0 Å². The molecule has 0 aliphatic carbocycles. The van der Waals surface area contributed by atoms with Crippen LogP contribution in [0.3, 0.4) is 0 Å². The van der Waals surface area contributed by atoms with Crippen LogP contribution < -0.4 is 5.32 Å². The van der Waals surface area contributed by atoms with E-state index in [9.17, 15) is 0 Å². The Morgan fingerprint density at radius 2 is 1.61 bits per heavy atom. The van der Waals surface area contributed by atoms with Gasteiger partial charge in [-0.15, -0.1) is 0 Å². The molecular weight excluding hydrogens is 222 g/mol. The molecule has 2 atom stereocenters. The Bertz CT molecular complexity index is 210. The summed E-state index contributed by atoms with van der Waals surface area (Å²) in [4.78, 5) is 5.26. The molecule has 0 aromatic heterocycles. The molecule has 0 aromatic rings. The lowest BCUT2D eigenvalue weighted by Crippen LogP contribution is -2.52. The zero-order valence-corrected chi connectivity index (χ0v) is 13.1. The Labute approximate surface area is 114 Å². The molecule has 1 heterocycles. The van der Waals surface area contributed by atoms with Crippen molar-refractivity contribution in [1.29, 1.82) is 0 Å². The summed E-state index contributed by atoms with van der Waals surface area (Å²) in [5.41, 5.74) is 0. The molecule has 0 spiro atoms. The zero-order valence-electron chi connectivity index (χ0n) is 13.1. The van der Waals surface area contributed by atoms with Crippen molar-refractivity contribution in [3.63, 3.8) is 0 Å². The third-order valence-electron chi connectivity index (χ3n) is 4.19. The first kappa shape index (κ1) is 15.9. The molecule has 18 heavy (non-hydrogen) atoms. The molecular formula is C15H33N3. The Balaban J connectivity index is 2.28. The Kier molecular flexibility index (Phi) is 7.20. The van der Waals surface area contributed by atoms with Crippen LogP contribution in [0.4, 0.5) is 0 Å². The van der Waals surface area contributed by atoms with Crippen molar-refractivity contribution >= 4 is 0 Å². The maximum Gasteiger partial charge on any atom is 0.0113 e. The predicted octanol–water partition coefficient (Wildman–Crippen LogP) is 2.04. The third-order valence-corrected chi connectivity index (χ3v) is 4.19. The molecule has 0 radical (unpaired) electrons. The van der Waals surface area contributed by atoms with Crippen LogP contribution in [0, 0.1) is 5.92 Å². The fourth-order valence-electron chi connectivity index (χ4n) is 2.66. The van der Waals surface area contributed by atoms with Gasteiger partial charge in [-0.3, -0.25) is 4.90 Å². The van der Waals surface area contributed by atoms with Gasteiger partial charge in [-0.25, -0.2) is 0 Å². The Morgan fingerprint density at radius 3 is 2.11 bits per heavy atom. The second-order valence-corrected chi connectivity index (χ2v) is 6.16. The first-order valence-electron chi connectivity index (χ1n) is 7.74. The van der Waals surface area contributed by atoms with Gasteiger partial charge >= 0.3 is 0 Å². The fourth-order valence-corrected chi connectivity index (χ4v) is 2.66. The maximum absolute atomic E-state index is 3.56. The highest BCUT2D eigenvalue weighted by molar-refractivity contribution is 4.80. The molecule has 0 bridgehead atoms. The van der Waals surface area contributed by atoms with Crippen LogP contribution in [0.25, 0.3) is 0 Å². The van der Waals surface area contributed by atoms with Crippen molar-refractivity contribution in [3.05, 3.63) is 0 Å². The minimum Gasteiger partial charge on any atom is -0.314 e. The highest BCUT2D eigenvalue weighted by atomic mass is 15.3. The Morgan fingerprint density at radius 1 is 1.00 bits per heavy atom. The van der Waals surface area contributed by atoms with Crippen molar-refractivity contribution < 1.29 is 0 Å². The highest BCUT2D eigenvalue weighted by Crippen LogP contribution is 2.13. The molecule has 2 unspecified atom stereocenters. The predicted molar refractivity (Wildman–Crippen MR) is 80.1 cm³/mol. The smallest absolute Gasteiger partial charge is 0.0113 e. The largest absolute Gasteiger partial charge is 0.314 e. The lowest BCUT2D eigenvalue weighted by atomic mass is 10.0. The molecule has 1 rings (SSSR count). The van der Waals surface area contributed by atoms with Crippen LogP contribution >= 0.6 is 0 Å². The number of nitrogens with one attached hydrogen (secondary N) is 1. The van der Waals surface area contributed by atoms with Crippen molar-refractivity contribution in [1.82, 2.24) is 15.1 Å². The van der Waals surface area contributed by atoms with E-state index in [2.05, 4.69) is 49.7 Å². The highest BCUT2D eigenvalue weighted by Gasteiger charge is 2.24. The molecule has 1 fully saturated rings. The number of rotatable bonds is 7. The van der Waals surface area contributed by atoms with Gasteiger partial charge in [-0.2, -0.15) is 0 Å². The molecule has 0 aromatic carbocycles. The van der Waals surface area contributed by atoms with Crippen molar-refractivity contribution in [2.24, 2.45) is 5.92 Å². The van der Waals surface area contributed by atoms with E-state index in [0.29, 0.717) is 12.1 Å². The quantitative estimate of drug-likeness (QED) is 0.751. The summed E-state index contributed by atoms with van der Waals surface area (Å²) >= 11 is 0. The van der Waals surface area contributed by atoms with Crippen molar-refractivity contribution in [2.45, 2.75) is 53.1 Å². The number of hydrogen-bond donors (Lipinski definition) is 1. The minimum absolute atomic E-state index is 0.598. The summed E-state index contributed by atoms with van der Waals surface area (Å²) in [5.74, 6) is 0.727. The van der Waals surface area contributed by atoms with Gasteiger partial charge in [0, 0.05) is 38.3 Å². The molecule has 3 nitrogen and oxygen atoms in total. The third kappa shape index (κ3) is 5.25. The summed E-state index contributed by atoms with van der Waals surface area (Å²) in [7, 11) is 0. The average Bonchev–Trinajstić information content (AvgIpc) is 2.36. The van der Waals surface area contributed by atoms with Gasteiger partial charge in [0.1, 0.15) is 0 Å². The number of hydrogen-bond acceptors (Lipinski definition) is 3. The molecule has 3 heteroatoms. The van der Waals surface area contributed by atoms with Crippen molar-refractivity contribution in [2.75, 3.05) is 39.3 Å². The first-order chi connectivity index (χ1) is 8.54. The van der Waals surface area contributed by atoms with Crippen LogP contribution in [0.2, 0.25) is 0 Å². The van der Waals surface area contributed by atoms with E-state index in [1.165, 1.54) is 39.1 Å². The molecule has 0 saturated carbocycles. The average molecular weight is 255 g/mol. The van der Waals surface area contributed by atoms with Gasteiger partial charge in [0.15, 0.2) is 0 Å². The number of nitrogens with zero attached hydrogens (tertiary/aromatic N) is 2. The fraction of sp³-hybridized carbons (Fsp3) is 1.00. The molecule has 1 saturated heterocycles. The van der Waals surface area contributed by atoms with E-state index in [4.69, 9.17) is 0 Å². The lowest BCUT2D eigenvalue weighted by Gasteiger charge is -2.40. The second-order valence-electron chi connectivity index (χ2n) is 6.16. The summed E-state index contributed by atoms with van der Waals surface area (Å²) in [6.07, 6.45) is 1.28. The Hall–Kier alpha value is -0.120. The van der Waals surface area contributed by atoms with Crippen LogP contribution in [0.1, 0.15) is 41.0 Å². The standard InChI is InChI=1S/C15H33N3/c1-6-7-17-8-10-18(11-9-17)15(5)14(4)12-16-13(2)3/h13-16H,6-12H2,1-5H3. The summed E-state index contributed by atoms with van der Waals surface area (Å²) in [6, 6.07) is 1.29. The lowest BCUT2D eigenvalue weighted by molar-refractivity contribution is 0.0801. The van der Waals surface area contributed by atoms with E-state index in [1.807, 2.05) is 0 Å². The van der Waals surface area contributed by atoms with E-state index >= 15 is 0 Å². The van der Waals surface area contributed by atoms with Gasteiger partial charge in [-0.1, -0.05) is 27.7 Å². The molecule has 0 amide bonds. The number of piperazine rings is 1. The SMILES string of the molecule is CCCN1CCN(C(C)C(C)CNC(C)C)CC1. The first-order valence-corrected chi connectivity index (χ1v) is 7.74. The van der Waals surface area contributed by atoms with Gasteiger partial charge in [0.05, 0.1) is 0 Å². The molecule has 1 aliphatic heterocycles. The molecule has 1 N–H and O–H groups in total. The monoisotopic (exact) mass is 255 g/mol. The van der Waals surface area contributed by atoms with Gasteiger partial charge in [-0.05, 0) is 32.4 Å². The van der Waals surface area contributed by atoms with Crippen LogP contribution in [-0.2, 0) is 0 Å². The maximum atomic E-state index is 3.56.